The van der Waals surface area contributed by atoms with E-state index in [1.165, 1.54) is 11.8 Å². The number of hydrogen-bond acceptors (Lipinski definition) is 9. The monoisotopic (exact) mass is 599 g/mol. The molecule has 3 rings (SSSR count). The third-order valence-electron chi connectivity index (χ3n) is 6.44. The maximum Gasteiger partial charge on any atom is 0.408 e. The number of benzene rings is 1. The van der Waals surface area contributed by atoms with E-state index < -0.39 is 35.6 Å². The molecule has 1 aromatic carbocycles. The number of thioether (sulfide) groups is 1. The lowest BCUT2D eigenvalue weighted by atomic mass is 9.97. The summed E-state index contributed by atoms with van der Waals surface area (Å²) in [6.45, 7) is 12.9. The van der Waals surface area contributed by atoms with Crippen molar-refractivity contribution >= 4 is 41.5 Å². The largest absolute Gasteiger partial charge is 0.444 e. The molecule has 13 heteroatoms. The summed E-state index contributed by atoms with van der Waals surface area (Å²) in [5, 5.41) is 11.7. The molecule has 12 nitrogen and oxygen atoms in total. The first-order chi connectivity index (χ1) is 19.6. The van der Waals surface area contributed by atoms with Gasteiger partial charge in [-0.25, -0.2) is 14.8 Å². The van der Waals surface area contributed by atoms with Crippen LogP contribution in [0.25, 0.3) is 11.3 Å². The van der Waals surface area contributed by atoms with Crippen LogP contribution in [0.4, 0.5) is 10.7 Å². The third kappa shape index (κ3) is 9.07. The van der Waals surface area contributed by atoms with Gasteiger partial charge in [0.15, 0.2) is 0 Å². The Kier molecular flexibility index (Phi) is 10.8. The van der Waals surface area contributed by atoms with Crippen LogP contribution in [0.5, 0.6) is 0 Å². The van der Waals surface area contributed by atoms with Gasteiger partial charge in [0.1, 0.15) is 22.7 Å². The Morgan fingerprint density at radius 3 is 2.40 bits per heavy atom. The minimum absolute atomic E-state index is 0.105. The first-order valence-electron chi connectivity index (χ1n) is 13.9. The Labute approximate surface area is 250 Å². The summed E-state index contributed by atoms with van der Waals surface area (Å²) in [5.74, 6) is -0.961. The van der Waals surface area contributed by atoms with Crippen molar-refractivity contribution in [3.05, 3.63) is 34.9 Å². The lowest BCUT2D eigenvalue weighted by molar-refractivity contribution is -0.130. The molecule has 0 radical (unpaired) electrons. The van der Waals surface area contributed by atoms with Gasteiger partial charge in [0.25, 0.3) is 5.91 Å². The summed E-state index contributed by atoms with van der Waals surface area (Å²) in [7, 11) is 0. The van der Waals surface area contributed by atoms with Crippen molar-refractivity contribution in [3.8, 4) is 11.3 Å². The fourth-order valence-corrected chi connectivity index (χ4v) is 5.17. The standard InChI is InChI=1S/C29H41N7O5S/c1-15(2)23(36-28(40)41-29(5,6)7)26(39)33-20-8-9-31-24(37)19-13-18(16(3)12-17(19)4)21-14-22(35-27(30)34-21)42-11-10-32-25(20)38/h12-15,20,23H,8-11H2,1-7H3,(H,31,37)(H,32,38)(H,33,39)(H,36,40)(H2,30,34,35)/t20-,23?/m1/s1. The van der Waals surface area contributed by atoms with Gasteiger partial charge in [-0.1, -0.05) is 19.9 Å². The number of nitrogen functional groups attached to an aromatic ring is 1. The SMILES string of the molecule is Cc1cc(C)c2cc1C(=O)NCC[C@@H](NC(=O)C(NC(=O)OC(C)(C)C)C(C)C)C(=O)NCCSc1cc-2nc(N)n1. The molecule has 1 aliphatic rings. The van der Waals surface area contributed by atoms with Gasteiger partial charge in [0.05, 0.1) is 5.69 Å². The zero-order valence-corrected chi connectivity index (χ0v) is 26.0. The lowest BCUT2D eigenvalue weighted by Crippen LogP contribution is -2.56. The van der Waals surface area contributed by atoms with E-state index in [4.69, 9.17) is 10.5 Å². The van der Waals surface area contributed by atoms with Crippen molar-refractivity contribution in [3.63, 3.8) is 0 Å². The van der Waals surface area contributed by atoms with Crippen molar-refractivity contribution < 1.29 is 23.9 Å². The van der Waals surface area contributed by atoms with Gasteiger partial charge in [-0.2, -0.15) is 0 Å². The topological polar surface area (TPSA) is 177 Å². The number of nitrogens with zero attached hydrogens (tertiary/aromatic N) is 2. The first kappa shape index (κ1) is 32.6. The highest BCUT2D eigenvalue weighted by Gasteiger charge is 2.30. The number of nitrogens with two attached hydrogens (primary N) is 1. The van der Waals surface area contributed by atoms with Crippen LogP contribution in [0.3, 0.4) is 0 Å². The molecule has 2 atom stereocenters. The number of nitrogens with one attached hydrogen (secondary N) is 4. The zero-order valence-electron chi connectivity index (χ0n) is 25.2. The molecule has 228 valence electrons. The van der Waals surface area contributed by atoms with E-state index in [0.29, 0.717) is 28.6 Å². The Morgan fingerprint density at radius 1 is 1.05 bits per heavy atom. The fraction of sp³-hybridized carbons (Fsp3) is 0.517. The van der Waals surface area contributed by atoms with Crippen LogP contribution in [-0.2, 0) is 14.3 Å². The average Bonchev–Trinajstić information content (AvgIpc) is 2.86. The number of alkyl carbamates (subject to hydrolysis) is 1. The molecule has 1 aromatic heterocycles. The van der Waals surface area contributed by atoms with Crippen LogP contribution in [0, 0.1) is 19.8 Å². The molecule has 1 unspecified atom stereocenters. The summed E-state index contributed by atoms with van der Waals surface area (Å²) in [4.78, 5) is 60.7. The zero-order chi connectivity index (χ0) is 31.2. The molecule has 6 N–H and O–H groups in total. The predicted molar refractivity (Wildman–Crippen MR) is 162 cm³/mol. The maximum absolute atomic E-state index is 13.3. The van der Waals surface area contributed by atoms with Gasteiger partial charge in [0, 0.05) is 30.0 Å². The number of ether oxygens (including phenoxy) is 1. The summed E-state index contributed by atoms with van der Waals surface area (Å²) in [6.07, 6.45) is -0.603. The molecule has 0 spiro atoms. The highest BCUT2D eigenvalue weighted by Crippen LogP contribution is 2.29. The Hall–Kier alpha value is -3.87. The van der Waals surface area contributed by atoms with Gasteiger partial charge in [-0.05, 0) is 70.2 Å². The Morgan fingerprint density at radius 2 is 1.74 bits per heavy atom. The molecule has 4 bridgehead atoms. The molecule has 0 fully saturated rings. The highest BCUT2D eigenvalue weighted by atomic mass is 32.2. The van der Waals surface area contributed by atoms with Crippen molar-refractivity contribution in [2.75, 3.05) is 24.6 Å². The van der Waals surface area contributed by atoms with E-state index >= 15 is 0 Å². The Balaban J connectivity index is 1.84. The Bertz CT molecular complexity index is 1340. The fourth-order valence-electron chi connectivity index (χ4n) is 4.41. The van der Waals surface area contributed by atoms with Crippen LogP contribution < -0.4 is 27.0 Å². The highest BCUT2D eigenvalue weighted by molar-refractivity contribution is 7.99. The van der Waals surface area contributed by atoms with Gasteiger partial charge in [0.2, 0.25) is 17.8 Å². The number of amides is 4. The molecule has 42 heavy (non-hydrogen) atoms. The van der Waals surface area contributed by atoms with Crippen LogP contribution in [0.2, 0.25) is 0 Å². The van der Waals surface area contributed by atoms with Crippen LogP contribution in [-0.4, -0.2) is 70.3 Å². The molecular weight excluding hydrogens is 558 g/mol. The second-order valence-electron chi connectivity index (χ2n) is 11.5. The first-order valence-corrected chi connectivity index (χ1v) is 14.9. The van der Waals surface area contributed by atoms with E-state index in [1.54, 1.807) is 46.8 Å². The molecule has 0 saturated heterocycles. The summed E-state index contributed by atoms with van der Waals surface area (Å²) in [5.41, 5.74) is 8.81. The van der Waals surface area contributed by atoms with E-state index in [-0.39, 0.29) is 30.7 Å². The second-order valence-corrected chi connectivity index (χ2v) is 12.7. The number of anilines is 1. The average molecular weight is 600 g/mol. The van der Waals surface area contributed by atoms with Gasteiger partial charge in [-0.15, -0.1) is 11.8 Å². The molecule has 2 heterocycles. The van der Waals surface area contributed by atoms with Crippen LogP contribution in [0.15, 0.2) is 23.2 Å². The molecule has 4 amide bonds. The molecule has 2 aromatic rings. The predicted octanol–water partition coefficient (Wildman–Crippen LogP) is 2.72. The van der Waals surface area contributed by atoms with E-state index in [9.17, 15) is 19.2 Å². The van der Waals surface area contributed by atoms with E-state index in [0.717, 1.165) is 16.7 Å². The number of carbonyl (C=O) groups is 4. The third-order valence-corrected chi connectivity index (χ3v) is 7.35. The van der Waals surface area contributed by atoms with Crippen molar-refractivity contribution in [2.45, 2.75) is 77.6 Å². The van der Waals surface area contributed by atoms with Gasteiger partial charge < -0.3 is 31.7 Å². The van der Waals surface area contributed by atoms with Crippen molar-refractivity contribution in [1.82, 2.24) is 31.2 Å². The number of fused-ring (bicyclic) bond motifs is 5. The number of rotatable bonds is 4. The minimum Gasteiger partial charge on any atom is -0.444 e. The van der Waals surface area contributed by atoms with Gasteiger partial charge >= 0.3 is 6.09 Å². The van der Waals surface area contributed by atoms with Gasteiger partial charge in [-0.3, -0.25) is 14.4 Å². The second kappa shape index (κ2) is 13.9. The maximum atomic E-state index is 13.3. The molecule has 1 aliphatic heterocycles. The van der Waals surface area contributed by atoms with Crippen molar-refractivity contribution in [2.24, 2.45) is 5.92 Å². The normalized spacial score (nSPS) is 17.1. The lowest BCUT2D eigenvalue weighted by Gasteiger charge is -2.27. The number of carbonyl (C=O) groups excluding carboxylic acids is 4. The quantitative estimate of drug-likeness (QED) is 0.331. The number of aryl methyl sites for hydroxylation is 2. The van der Waals surface area contributed by atoms with E-state index in [1.807, 2.05) is 19.9 Å². The summed E-state index contributed by atoms with van der Waals surface area (Å²) in [6, 6.07) is 3.60. The van der Waals surface area contributed by atoms with Crippen LogP contribution in [0.1, 0.15) is 62.5 Å². The summed E-state index contributed by atoms with van der Waals surface area (Å²) >= 11 is 1.40. The molecule has 0 aliphatic carbocycles. The number of hydrogen-bond donors (Lipinski definition) is 5. The smallest absolute Gasteiger partial charge is 0.408 e. The number of aromatic nitrogens is 2. The minimum atomic E-state index is -0.964. The molecular formula is C29H41N7O5S. The molecule has 0 saturated carbocycles. The van der Waals surface area contributed by atoms with Crippen LogP contribution >= 0.6 is 11.8 Å². The summed E-state index contributed by atoms with van der Waals surface area (Å²) < 4.78 is 5.31. The van der Waals surface area contributed by atoms with Crippen molar-refractivity contribution in [1.29, 1.82) is 0 Å². The van der Waals surface area contributed by atoms with E-state index in [2.05, 4.69) is 31.2 Å².